The first kappa shape index (κ1) is 32.1. The molecule has 0 radical (unpaired) electrons. The van der Waals surface area contributed by atoms with Crippen LogP contribution >= 0.6 is 63.7 Å². The molecule has 6 nitrogen and oxygen atoms in total. The molecule has 0 bridgehead atoms. The Hall–Kier alpha value is -1.10. The van der Waals surface area contributed by atoms with Gasteiger partial charge in [0.25, 0.3) is 0 Å². The van der Waals surface area contributed by atoms with E-state index in [2.05, 4.69) is 77.6 Å². The highest BCUT2D eigenvalue weighted by Crippen LogP contribution is 2.41. The van der Waals surface area contributed by atoms with Crippen LogP contribution in [0.5, 0.6) is 11.5 Å². The Morgan fingerprint density at radius 1 is 0.730 bits per heavy atom. The number of benzene rings is 2. The number of carbonyl (C=O) groups is 2. The Balaban J connectivity index is 1.98. The van der Waals surface area contributed by atoms with Crippen LogP contribution in [0.3, 0.4) is 0 Å². The van der Waals surface area contributed by atoms with E-state index >= 15 is 0 Å². The molecule has 0 heterocycles. The topological polar surface area (TPSA) is 71.1 Å². The second-order valence-electron chi connectivity index (χ2n) is 8.69. The summed E-state index contributed by atoms with van der Waals surface area (Å²) in [5, 5.41) is 0. The van der Waals surface area contributed by atoms with Gasteiger partial charge in [-0.25, -0.2) is 0 Å². The summed E-state index contributed by atoms with van der Waals surface area (Å²) in [6.07, 6.45) is 1.34. The lowest BCUT2D eigenvalue weighted by Gasteiger charge is -2.29. The fraction of sp³-hybridized carbons (Fsp3) is 0.481. The van der Waals surface area contributed by atoms with Gasteiger partial charge in [0.2, 0.25) is 0 Å². The van der Waals surface area contributed by atoms with Gasteiger partial charge in [-0.3, -0.25) is 9.59 Å². The van der Waals surface area contributed by atoms with Gasteiger partial charge in [0.15, 0.2) is 0 Å². The molecule has 2 unspecified atom stereocenters. The van der Waals surface area contributed by atoms with Crippen molar-refractivity contribution in [3.63, 3.8) is 0 Å². The van der Waals surface area contributed by atoms with Crippen LogP contribution in [0.4, 0.5) is 0 Å². The fourth-order valence-electron chi connectivity index (χ4n) is 3.45. The van der Waals surface area contributed by atoms with Gasteiger partial charge in [0, 0.05) is 14.4 Å². The van der Waals surface area contributed by atoms with Crippen LogP contribution in [0.1, 0.15) is 51.7 Å². The minimum atomic E-state index is -0.337. The molecule has 0 fully saturated rings. The first-order valence-electron chi connectivity index (χ1n) is 12.0. The van der Waals surface area contributed by atoms with Crippen LogP contribution in [-0.2, 0) is 24.5 Å². The maximum atomic E-state index is 11.7. The van der Waals surface area contributed by atoms with Crippen molar-refractivity contribution in [2.75, 3.05) is 26.4 Å². The van der Waals surface area contributed by atoms with E-state index in [1.165, 1.54) is 0 Å². The van der Waals surface area contributed by atoms with Gasteiger partial charge in [-0.05, 0) is 48.2 Å². The lowest BCUT2D eigenvalue weighted by atomic mass is 9.78. The highest BCUT2D eigenvalue weighted by Gasteiger charge is 2.28. The zero-order chi connectivity index (χ0) is 27.6. The smallest absolute Gasteiger partial charge is 0.319 e. The van der Waals surface area contributed by atoms with Gasteiger partial charge >= 0.3 is 11.9 Å². The van der Waals surface area contributed by atoms with E-state index in [1.807, 2.05) is 50.2 Å². The summed E-state index contributed by atoms with van der Waals surface area (Å²) in [4.78, 5) is 22.9. The Kier molecular flexibility index (Phi) is 13.4. The molecule has 0 N–H and O–H groups in total. The molecule has 0 aromatic heterocycles. The molecule has 0 aliphatic rings. The van der Waals surface area contributed by atoms with Crippen LogP contribution < -0.4 is 9.47 Å². The molecule has 0 amide bonds. The molecule has 0 saturated carbocycles. The number of hydrogen-bond donors (Lipinski definition) is 0. The number of esters is 2. The minimum Gasteiger partial charge on any atom is -0.490 e. The van der Waals surface area contributed by atoms with Crippen LogP contribution in [0.2, 0.25) is 0 Å². The van der Waals surface area contributed by atoms with E-state index < -0.39 is 0 Å². The molecular weight excluding hydrogens is 740 g/mol. The van der Waals surface area contributed by atoms with Gasteiger partial charge in [-0.2, -0.15) is 0 Å². The Morgan fingerprint density at radius 2 is 1.11 bits per heavy atom. The maximum absolute atomic E-state index is 11.7. The van der Waals surface area contributed by atoms with Gasteiger partial charge in [-0.1, -0.05) is 104 Å². The standard InChI is InChI=1S/C27H32Br4O6/c1-5-21(28)25(32)36-13-11-34-17-7-9-19(23(30)15-17)27(3,4)20-10-8-18(16-24(20)31)35-12-14-37-26(33)22(29)6-2/h7-10,15-16,21-22H,5-6,11-14H2,1-4H3. The third kappa shape index (κ3) is 9.55. The zero-order valence-electron chi connectivity index (χ0n) is 21.3. The van der Waals surface area contributed by atoms with E-state index in [-0.39, 0.29) is 53.4 Å². The van der Waals surface area contributed by atoms with E-state index in [4.69, 9.17) is 18.9 Å². The fourth-order valence-corrected chi connectivity index (χ4v) is 5.42. The summed E-state index contributed by atoms with van der Waals surface area (Å²) in [5.74, 6) is 0.799. The molecule has 0 spiro atoms. The summed E-state index contributed by atoms with van der Waals surface area (Å²) in [6.45, 7) is 9.01. The first-order chi connectivity index (χ1) is 17.5. The predicted octanol–water partition coefficient (Wildman–Crippen LogP) is 7.73. The van der Waals surface area contributed by atoms with Crippen molar-refractivity contribution in [1.29, 1.82) is 0 Å². The highest BCUT2D eigenvalue weighted by atomic mass is 79.9. The average molecular weight is 772 g/mol. The molecule has 0 aliphatic carbocycles. The zero-order valence-corrected chi connectivity index (χ0v) is 27.7. The van der Waals surface area contributed by atoms with Gasteiger partial charge in [0.1, 0.15) is 47.6 Å². The van der Waals surface area contributed by atoms with Crippen molar-refractivity contribution in [1.82, 2.24) is 0 Å². The van der Waals surface area contributed by atoms with Crippen molar-refractivity contribution >= 4 is 75.7 Å². The molecule has 2 aromatic carbocycles. The first-order valence-corrected chi connectivity index (χ1v) is 15.4. The number of halogens is 4. The number of carbonyl (C=O) groups excluding carboxylic acids is 2. The molecule has 204 valence electrons. The van der Waals surface area contributed by atoms with E-state index in [1.54, 1.807) is 0 Å². The molecule has 2 rings (SSSR count). The lowest BCUT2D eigenvalue weighted by Crippen LogP contribution is -2.21. The number of ether oxygens (including phenoxy) is 4. The van der Waals surface area contributed by atoms with E-state index in [0.717, 1.165) is 20.1 Å². The van der Waals surface area contributed by atoms with Crippen LogP contribution in [0, 0.1) is 0 Å². The molecule has 10 heteroatoms. The summed E-state index contributed by atoms with van der Waals surface area (Å²) < 4.78 is 23.7. The van der Waals surface area contributed by atoms with Crippen molar-refractivity contribution in [3.05, 3.63) is 56.5 Å². The average Bonchev–Trinajstić information content (AvgIpc) is 2.87. The lowest BCUT2D eigenvalue weighted by molar-refractivity contribution is -0.144. The van der Waals surface area contributed by atoms with E-state index in [0.29, 0.717) is 24.3 Å². The van der Waals surface area contributed by atoms with Gasteiger partial charge < -0.3 is 18.9 Å². The SMILES string of the molecule is CCC(Br)C(=O)OCCOc1ccc(C(C)(C)c2ccc(OCCOC(=O)C(Br)CC)cc2Br)c(Br)c1. The summed E-state index contributed by atoms with van der Waals surface area (Å²) >= 11 is 13.9. The normalized spacial score (nSPS) is 13.0. The second-order valence-corrected chi connectivity index (χ2v) is 12.6. The van der Waals surface area contributed by atoms with E-state index in [9.17, 15) is 9.59 Å². The van der Waals surface area contributed by atoms with Crippen molar-refractivity contribution < 1.29 is 28.5 Å². The third-order valence-electron chi connectivity index (χ3n) is 5.65. The van der Waals surface area contributed by atoms with Crippen LogP contribution in [0.15, 0.2) is 45.3 Å². The quantitative estimate of drug-likeness (QED) is 0.111. The molecule has 2 atom stereocenters. The van der Waals surface area contributed by atoms with Crippen LogP contribution in [0.25, 0.3) is 0 Å². The minimum absolute atomic E-state index is 0.186. The monoisotopic (exact) mass is 768 g/mol. The van der Waals surface area contributed by atoms with Crippen molar-refractivity contribution in [2.45, 2.75) is 55.6 Å². The molecule has 0 aliphatic heterocycles. The van der Waals surface area contributed by atoms with Crippen LogP contribution in [-0.4, -0.2) is 48.0 Å². The summed E-state index contributed by atoms with van der Waals surface area (Å²) in [6, 6.07) is 11.7. The highest BCUT2D eigenvalue weighted by molar-refractivity contribution is 9.11. The summed E-state index contributed by atoms with van der Waals surface area (Å²) in [7, 11) is 0. The Bertz CT molecular complexity index is 978. The molecule has 0 saturated heterocycles. The van der Waals surface area contributed by atoms with Gasteiger partial charge in [-0.15, -0.1) is 0 Å². The predicted molar refractivity (Wildman–Crippen MR) is 159 cm³/mol. The number of rotatable bonds is 14. The second kappa shape index (κ2) is 15.5. The Morgan fingerprint density at radius 3 is 1.43 bits per heavy atom. The van der Waals surface area contributed by atoms with Gasteiger partial charge in [0.05, 0.1) is 0 Å². The molecule has 37 heavy (non-hydrogen) atoms. The molecule has 2 aromatic rings. The molecular formula is C27H32Br4O6. The largest absolute Gasteiger partial charge is 0.490 e. The Labute approximate surface area is 252 Å². The number of alkyl halides is 2. The third-order valence-corrected chi connectivity index (χ3v) is 9.00. The van der Waals surface area contributed by atoms with Crippen molar-refractivity contribution in [2.24, 2.45) is 0 Å². The maximum Gasteiger partial charge on any atom is 0.319 e. The number of hydrogen-bond acceptors (Lipinski definition) is 6. The summed E-state index contributed by atoms with van der Waals surface area (Å²) in [5.41, 5.74) is 1.83. The van der Waals surface area contributed by atoms with Crippen molar-refractivity contribution in [3.8, 4) is 11.5 Å².